The van der Waals surface area contributed by atoms with Crippen molar-refractivity contribution in [2.24, 2.45) is 5.92 Å². The highest BCUT2D eigenvalue weighted by Crippen LogP contribution is 2.51. The van der Waals surface area contributed by atoms with Crippen molar-refractivity contribution >= 4 is 16.6 Å². The van der Waals surface area contributed by atoms with Crippen LogP contribution in [0.15, 0.2) is 10.9 Å². The number of nitrogens with zero attached hydrogens (tertiary/aromatic N) is 3. The first-order chi connectivity index (χ1) is 14.4. The molecule has 0 bridgehead atoms. The van der Waals surface area contributed by atoms with E-state index in [1.807, 2.05) is 0 Å². The van der Waals surface area contributed by atoms with Gasteiger partial charge in [-0.05, 0) is 12.8 Å². The second-order valence-electron chi connectivity index (χ2n) is 7.89. The van der Waals surface area contributed by atoms with Gasteiger partial charge in [-0.25, -0.2) is 4.39 Å². The highest BCUT2D eigenvalue weighted by Gasteiger charge is 2.38. The molecule has 2 rings (SSSR count). The molecule has 178 valence electrons. The highest BCUT2D eigenvalue weighted by molar-refractivity contribution is 8.28. The Kier molecular flexibility index (Phi) is 8.48. The maximum atomic E-state index is 16.0. The van der Waals surface area contributed by atoms with Gasteiger partial charge in [0, 0.05) is 54.2 Å². The van der Waals surface area contributed by atoms with E-state index < -0.39 is 45.7 Å². The third-order valence-electron chi connectivity index (χ3n) is 4.68. The molecule has 1 atom stereocenters. The molecule has 12 heteroatoms. The molecule has 0 aliphatic carbocycles. The van der Waals surface area contributed by atoms with E-state index in [-0.39, 0.29) is 56.5 Å². The van der Waals surface area contributed by atoms with Gasteiger partial charge in [0.2, 0.25) is 0 Å². The number of carbonyl (C=O) groups excluding carboxylic acids is 1. The van der Waals surface area contributed by atoms with Crippen LogP contribution in [0.5, 0.6) is 0 Å². The summed E-state index contributed by atoms with van der Waals surface area (Å²) < 4.78 is 74.7. The number of rotatable bonds is 10. The zero-order valence-electron chi connectivity index (χ0n) is 17.8. The number of hydrogen-bond acceptors (Lipinski definition) is 5. The Morgan fingerprint density at radius 3 is 2.52 bits per heavy atom. The smallest absolute Gasteiger partial charge is 0.418 e. The van der Waals surface area contributed by atoms with Gasteiger partial charge in [0.05, 0.1) is 24.3 Å². The number of hydrogen-bond donors (Lipinski definition) is 0. The summed E-state index contributed by atoms with van der Waals surface area (Å²) in [5, 5.41) is 3.81. The molecule has 0 radical (unpaired) electrons. The van der Waals surface area contributed by atoms with E-state index in [1.54, 1.807) is 25.7 Å². The van der Waals surface area contributed by atoms with Crippen LogP contribution in [0.4, 0.5) is 21.4 Å². The minimum atomic E-state index is -4.84. The molecular formula is C19H28F5N3O3S. The van der Waals surface area contributed by atoms with E-state index in [1.165, 1.54) is 0 Å². The number of carbonyl (C=O) groups is 1. The van der Waals surface area contributed by atoms with Gasteiger partial charge in [0.15, 0.2) is 0 Å². The molecular weight excluding hydrogens is 445 g/mol. The lowest BCUT2D eigenvalue weighted by molar-refractivity contribution is -0.142. The third kappa shape index (κ3) is 6.90. The summed E-state index contributed by atoms with van der Waals surface area (Å²) in [5.41, 5.74) is -2.89. The van der Waals surface area contributed by atoms with Crippen LogP contribution in [0.3, 0.4) is 0 Å². The van der Waals surface area contributed by atoms with Crippen molar-refractivity contribution in [1.82, 2.24) is 14.1 Å². The van der Waals surface area contributed by atoms with Crippen LogP contribution in [-0.2, 0) is 22.1 Å². The second-order valence-corrected chi connectivity index (χ2v) is 10.5. The van der Waals surface area contributed by atoms with Crippen LogP contribution >= 0.6 is 10.6 Å². The number of aromatic nitrogens is 2. The van der Waals surface area contributed by atoms with Crippen molar-refractivity contribution in [2.75, 3.05) is 37.7 Å². The Balaban J connectivity index is 2.40. The van der Waals surface area contributed by atoms with Crippen LogP contribution in [0.25, 0.3) is 0 Å². The molecule has 0 saturated carbocycles. The monoisotopic (exact) mass is 473 g/mol. The fourth-order valence-corrected chi connectivity index (χ4v) is 5.92. The van der Waals surface area contributed by atoms with E-state index in [0.717, 1.165) is 0 Å². The number of esters is 1. The summed E-state index contributed by atoms with van der Waals surface area (Å²) in [4.78, 5) is 25.8. The van der Waals surface area contributed by atoms with Crippen molar-refractivity contribution in [2.45, 2.75) is 46.0 Å². The van der Waals surface area contributed by atoms with Crippen molar-refractivity contribution in [3.8, 4) is 0 Å². The molecule has 1 aromatic rings. The lowest BCUT2D eigenvalue weighted by Crippen LogP contribution is -2.49. The topological polar surface area (TPSA) is 64.4 Å². The fourth-order valence-electron chi connectivity index (χ4n) is 3.32. The van der Waals surface area contributed by atoms with Crippen molar-refractivity contribution in [3.05, 3.63) is 27.7 Å². The predicted octanol–water partition coefficient (Wildman–Crippen LogP) is 3.52. The Labute approximate surface area is 179 Å². The summed E-state index contributed by atoms with van der Waals surface area (Å²) in [6.07, 6.45) is -6.38. The van der Waals surface area contributed by atoms with E-state index in [9.17, 15) is 27.2 Å². The predicted molar refractivity (Wildman–Crippen MR) is 108 cm³/mol. The van der Waals surface area contributed by atoms with E-state index in [4.69, 9.17) is 4.74 Å². The average molecular weight is 474 g/mol. The van der Waals surface area contributed by atoms with Gasteiger partial charge in [-0.15, -0.1) is 0 Å². The van der Waals surface area contributed by atoms with Crippen molar-refractivity contribution < 1.29 is 31.0 Å². The second kappa shape index (κ2) is 10.3. The third-order valence-corrected chi connectivity index (χ3v) is 7.57. The maximum absolute atomic E-state index is 16.0. The SMILES string of the molecule is CCOC(=O)CCS(F)(CC(C)C)n1nc(CCN2CC(F)C2)c(C(F)(F)F)cc1=O. The first-order valence-electron chi connectivity index (χ1n) is 10.1. The lowest BCUT2D eigenvalue weighted by atomic mass is 10.1. The minimum absolute atomic E-state index is 0.107. The number of alkyl halides is 4. The Hall–Kier alpha value is -1.69. The van der Waals surface area contributed by atoms with Crippen LogP contribution < -0.4 is 5.56 Å². The molecule has 0 spiro atoms. The number of halogens is 5. The van der Waals surface area contributed by atoms with Gasteiger partial charge in [-0.2, -0.15) is 26.2 Å². The largest absolute Gasteiger partial charge is 0.466 e. The molecule has 1 unspecified atom stereocenters. The van der Waals surface area contributed by atoms with Crippen LogP contribution in [0.2, 0.25) is 0 Å². The fraction of sp³-hybridized carbons (Fsp3) is 0.737. The quantitative estimate of drug-likeness (QED) is 0.384. The molecule has 1 fully saturated rings. The Morgan fingerprint density at radius 2 is 2.00 bits per heavy atom. The van der Waals surface area contributed by atoms with Crippen LogP contribution in [0, 0.1) is 5.92 Å². The van der Waals surface area contributed by atoms with Crippen LogP contribution in [0.1, 0.15) is 38.4 Å². The summed E-state index contributed by atoms with van der Waals surface area (Å²) in [5.74, 6) is -1.40. The number of ether oxygens (including phenoxy) is 1. The standard InChI is InChI=1S/C19H28F5N3O3S/c1-4-30-18(29)6-8-31(24,12-13(2)3)27-17(28)9-15(19(21,22)23)16(25-27)5-7-26-10-14(20)11-26/h9,13-14H,4-8,10-12H2,1-3H3. The minimum Gasteiger partial charge on any atom is -0.466 e. The molecule has 6 nitrogen and oxygen atoms in total. The molecule has 1 saturated heterocycles. The Bertz CT molecular complexity index is 827. The van der Waals surface area contributed by atoms with E-state index in [2.05, 4.69) is 5.10 Å². The van der Waals surface area contributed by atoms with Gasteiger partial charge >= 0.3 is 12.1 Å². The first kappa shape index (κ1) is 25.6. The van der Waals surface area contributed by atoms with Crippen LogP contribution in [-0.4, -0.2) is 64.0 Å². The Morgan fingerprint density at radius 1 is 1.35 bits per heavy atom. The molecule has 1 aliphatic heterocycles. The highest BCUT2D eigenvalue weighted by atomic mass is 32.3. The van der Waals surface area contributed by atoms with Crippen molar-refractivity contribution in [3.63, 3.8) is 0 Å². The van der Waals surface area contributed by atoms with Crippen molar-refractivity contribution in [1.29, 1.82) is 0 Å². The summed E-state index contributed by atoms with van der Waals surface area (Å²) >= 11 is 0. The normalized spacial score (nSPS) is 18.5. The molecule has 31 heavy (non-hydrogen) atoms. The van der Waals surface area contributed by atoms with E-state index >= 15 is 3.89 Å². The van der Waals surface area contributed by atoms with E-state index in [0.29, 0.717) is 10.2 Å². The first-order valence-corrected chi connectivity index (χ1v) is 11.9. The van der Waals surface area contributed by atoms with Gasteiger partial charge in [-0.1, -0.05) is 13.8 Å². The summed E-state index contributed by atoms with van der Waals surface area (Å²) in [6.45, 7) is 5.46. The zero-order chi connectivity index (χ0) is 23.4. The molecule has 2 heterocycles. The van der Waals surface area contributed by atoms with Gasteiger partial charge in [0.1, 0.15) is 6.17 Å². The molecule has 0 N–H and O–H groups in total. The number of likely N-dealkylation sites (tertiary alicyclic amines) is 1. The lowest BCUT2D eigenvalue weighted by Gasteiger charge is -2.35. The van der Waals surface area contributed by atoms with Gasteiger partial charge in [0.25, 0.3) is 5.56 Å². The molecule has 1 aromatic heterocycles. The summed E-state index contributed by atoms with van der Waals surface area (Å²) in [6, 6.07) is 0.364. The van der Waals surface area contributed by atoms with Gasteiger partial charge in [-0.3, -0.25) is 14.5 Å². The molecule has 0 aromatic carbocycles. The maximum Gasteiger partial charge on any atom is 0.418 e. The molecule has 1 aliphatic rings. The zero-order valence-corrected chi connectivity index (χ0v) is 18.6. The summed E-state index contributed by atoms with van der Waals surface area (Å²) in [7, 11) is -3.53. The average Bonchev–Trinajstić information content (AvgIpc) is 2.62. The van der Waals surface area contributed by atoms with Gasteiger partial charge < -0.3 is 4.74 Å². The molecule has 0 amide bonds.